The zero-order valence-corrected chi connectivity index (χ0v) is 15.1. The predicted octanol–water partition coefficient (Wildman–Crippen LogP) is 3.87. The first kappa shape index (κ1) is 19.0. The summed E-state index contributed by atoms with van der Waals surface area (Å²) in [5.41, 5.74) is 1.87. The number of benzene rings is 2. The van der Waals surface area contributed by atoms with Crippen molar-refractivity contribution in [1.29, 1.82) is 0 Å². The van der Waals surface area contributed by atoms with Crippen LogP contribution in [0, 0.1) is 24.5 Å². The maximum atomic E-state index is 13.8. The number of rotatable bonds is 4. The average Bonchev–Trinajstić information content (AvgIpc) is 2.67. The number of aryl methyl sites for hydroxylation is 1. The Bertz CT molecular complexity index is 845. The molecule has 27 heavy (non-hydrogen) atoms. The fourth-order valence-corrected chi connectivity index (χ4v) is 3.19. The minimum Gasteiger partial charge on any atom is -0.461 e. The Labute approximate surface area is 156 Å². The van der Waals surface area contributed by atoms with Crippen molar-refractivity contribution in [2.24, 2.45) is 5.92 Å². The summed E-state index contributed by atoms with van der Waals surface area (Å²) in [7, 11) is 0. The van der Waals surface area contributed by atoms with Crippen molar-refractivity contribution in [2.45, 2.75) is 26.4 Å². The Morgan fingerprint density at radius 1 is 1.11 bits per heavy atom. The standard InChI is InChI=1S/C21H21F2NO3/c1-14-4-2-3-5-16(14)13-27-21(26)15-8-10-24(11-9-15)20(25)18-7-6-17(22)12-19(18)23/h2-7,12,15H,8-11,13H2,1H3. The zero-order chi connectivity index (χ0) is 19.4. The fraction of sp³-hybridized carbons (Fsp3) is 0.333. The van der Waals surface area contributed by atoms with E-state index < -0.39 is 17.5 Å². The molecule has 1 aliphatic heterocycles. The summed E-state index contributed by atoms with van der Waals surface area (Å²) in [5.74, 6) is -2.65. The maximum Gasteiger partial charge on any atom is 0.309 e. The third kappa shape index (κ3) is 4.51. The van der Waals surface area contributed by atoms with Crippen molar-refractivity contribution in [3.63, 3.8) is 0 Å². The van der Waals surface area contributed by atoms with Gasteiger partial charge in [-0.3, -0.25) is 9.59 Å². The molecular weight excluding hydrogens is 352 g/mol. The van der Waals surface area contributed by atoms with Crippen LogP contribution in [0.3, 0.4) is 0 Å². The number of nitrogens with zero attached hydrogens (tertiary/aromatic N) is 1. The number of hydrogen-bond donors (Lipinski definition) is 0. The normalized spacial score (nSPS) is 14.9. The molecular formula is C21H21F2NO3. The minimum atomic E-state index is -0.875. The van der Waals surface area contributed by atoms with E-state index in [1.54, 1.807) is 0 Å². The smallest absolute Gasteiger partial charge is 0.309 e. The van der Waals surface area contributed by atoms with Crippen molar-refractivity contribution in [1.82, 2.24) is 4.90 Å². The Balaban J connectivity index is 1.53. The van der Waals surface area contributed by atoms with Gasteiger partial charge in [0.05, 0.1) is 11.5 Å². The Morgan fingerprint density at radius 2 is 1.81 bits per heavy atom. The van der Waals surface area contributed by atoms with Gasteiger partial charge >= 0.3 is 5.97 Å². The second-order valence-corrected chi connectivity index (χ2v) is 6.72. The molecule has 4 nitrogen and oxygen atoms in total. The monoisotopic (exact) mass is 373 g/mol. The van der Waals surface area contributed by atoms with Crippen molar-refractivity contribution in [2.75, 3.05) is 13.1 Å². The highest BCUT2D eigenvalue weighted by atomic mass is 19.1. The molecule has 0 radical (unpaired) electrons. The molecule has 0 spiro atoms. The third-order valence-corrected chi connectivity index (χ3v) is 4.91. The summed E-state index contributed by atoms with van der Waals surface area (Å²) in [6, 6.07) is 10.6. The largest absolute Gasteiger partial charge is 0.461 e. The first-order valence-electron chi connectivity index (χ1n) is 8.91. The molecule has 0 unspecified atom stereocenters. The average molecular weight is 373 g/mol. The molecule has 6 heteroatoms. The zero-order valence-electron chi connectivity index (χ0n) is 15.1. The number of esters is 1. The molecule has 2 aromatic carbocycles. The highest BCUT2D eigenvalue weighted by molar-refractivity contribution is 5.94. The first-order valence-corrected chi connectivity index (χ1v) is 8.91. The molecule has 0 aliphatic carbocycles. The van der Waals surface area contributed by atoms with Crippen LogP contribution >= 0.6 is 0 Å². The van der Waals surface area contributed by atoms with Crippen LogP contribution in [0.1, 0.15) is 34.3 Å². The van der Waals surface area contributed by atoms with Crippen molar-refractivity contribution < 1.29 is 23.1 Å². The lowest BCUT2D eigenvalue weighted by Gasteiger charge is -2.31. The molecule has 0 aromatic heterocycles. The van der Waals surface area contributed by atoms with E-state index in [2.05, 4.69) is 0 Å². The summed E-state index contributed by atoms with van der Waals surface area (Å²) in [6.45, 7) is 2.85. The fourth-order valence-electron chi connectivity index (χ4n) is 3.19. The Morgan fingerprint density at radius 3 is 2.48 bits per heavy atom. The van der Waals surface area contributed by atoms with E-state index in [1.165, 1.54) is 4.90 Å². The second-order valence-electron chi connectivity index (χ2n) is 6.72. The molecule has 142 valence electrons. The third-order valence-electron chi connectivity index (χ3n) is 4.91. The van der Waals surface area contributed by atoms with Gasteiger partial charge in [-0.15, -0.1) is 0 Å². The molecule has 0 N–H and O–H groups in total. The lowest BCUT2D eigenvalue weighted by Crippen LogP contribution is -2.41. The van der Waals surface area contributed by atoms with Crippen molar-refractivity contribution in [3.8, 4) is 0 Å². The molecule has 1 amide bonds. The number of hydrogen-bond acceptors (Lipinski definition) is 3. The highest BCUT2D eigenvalue weighted by Gasteiger charge is 2.29. The number of halogens is 2. The Hall–Kier alpha value is -2.76. The van der Waals surface area contributed by atoms with Gasteiger partial charge in [0.15, 0.2) is 0 Å². The highest BCUT2D eigenvalue weighted by Crippen LogP contribution is 2.22. The van der Waals surface area contributed by atoms with Gasteiger partial charge < -0.3 is 9.64 Å². The summed E-state index contributed by atoms with van der Waals surface area (Å²) in [6.07, 6.45) is 0.919. The topological polar surface area (TPSA) is 46.6 Å². The van der Waals surface area contributed by atoms with Gasteiger partial charge in [0.2, 0.25) is 0 Å². The van der Waals surface area contributed by atoms with Crippen LogP contribution in [-0.2, 0) is 16.1 Å². The van der Waals surface area contributed by atoms with E-state index in [-0.39, 0.29) is 24.1 Å². The van der Waals surface area contributed by atoms with Gasteiger partial charge in [0.25, 0.3) is 5.91 Å². The second kappa shape index (κ2) is 8.29. The molecule has 0 bridgehead atoms. The van der Waals surface area contributed by atoms with Gasteiger partial charge in [-0.1, -0.05) is 24.3 Å². The van der Waals surface area contributed by atoms with Gasteiger partial charge in [-0.25, -0.2) is 8.78 Å². The lowest BCUT2D eigenvalue weighted by molar-refractivity contribution is -0.151. The molecule has 0 saturated carbocycles. The van der Waals surface area contributed by atoms with Crippen LogP contribution in [0.25, 0.3) is 0 Å². The van der Waals surface area contributed by atoms with Gasteiger partial charge in [0, 0.05) is 19.2 Å². The minimum absolute atomic E-state index is 0.156. The van der Waals surface area contributed by atoms with Crippen LogP contribution in [0.4, 0.5) is 8.78 Å². The van der Waals surface area contributed by atoms with Crippen molar-refractivity contribution in [3.05, 3.63) is 70.8 Å². The van der Waals surface area contributed by atoms with Gasteiger partial charge in [-0.2, -0.15) is 0 Å². The summed E-state index contributed by atoms with van der Waals surface area (Å²) >= 11 is 0. The van der Waals surface area contributed by atoms with Crippen LogP contribution in [0.5, 0.6) is 0 Å². The number of carbonyl (C=O) groups excluding carboxylic acids is 2. The number of ether oxygens (including phenoxy) is 1. The van der Waals surface area contributed by atoms with Crippen molar-refractivity contribution >= 4 is 11.9 Å². The van der Waals surface area contributed by atoms with Crippen LogP contribution in [-0.4, -0.2) is 29.9 Å². The molecule has 1 aliphatic rings. The predicted molar refractivity (Wildman–Crippen MR) is 96.0 cm³/mol. The quantitative estimate of drug-likeness (QED) is 0.765. The van der Waals surface area contributed by atoms with Crippen LogP contribution < -0.4 is 0 Å². The van der Waals surface area contributed by atoms with Crippen LogP contribution in [0.15, 0.2) is 42.5 Å². The molecule has 1 fully saturated rings. The molecule has 3 rings (SSSR count). The van der Waals surface area contributed by atoms with E-state index >= 15 is 0 Å². The van der Waals surface area contributed by atoms with Crippen LogP contribution in [0.2, 0.25) is 0 Å². The first-order chi connectivity index (χ1) is 13.0. The van der Waals surface area contributed by atoms with Gasteiger partial charge in [-0.05, 0) is 43.0 Å². The Kier molecular flexibility index (Phi) is 5.84. The SMILES string of the molecule is Cc1ccccc1COC(=O)C1CCN(C(=O)c2ccc(F)cc2F)CC1. The summed E-state index contributed by atoms with van der Waals surface area (Å²) < 4.78 is 32.2. The van der Waals surface area contributed by atoms with E-state index in [4.69, 9.17) is 4.74 Å². The summed E-state index contributed by atoms with van der Waals surface area (Å²) in [5, 5.41) is 0. The van der Waals surface area contributed by atoms with E-state index in [0.29, 0.717) is 32.0 Å². The van der Waals surface area contributed by atoms with E-state index in [9.17, 15) is 18.4 Å². The number of amides is 1. The van der Waals surface area contributed by atoms with Gasteiger partial charge in [0.1, 0.15) is 18.2 Å². The maximum absolute atomic E-state index is 13.8. The molecule has 1 heterocycles. The number of likely N-dealkylation sites (tertiary alicyclic amines) is 1. The number of carbonyl (C=O) groups is 2. The number of piperidine rings is 1. The lowest BCUT2D eigenvalue weighted by atomic mass is 9.96. The molecule has 0 atom stereocenters. The van der Waals surface area contributed by atoms with E-state index in [0.717, 1.165) is 23.3 Å². The summed E-state index contributed by atoms with van der Waals surface area (Å²) in [4.78, 5) is 26.2. The molecule has 2 aromatic rings. The molecule has 1 saturated heterocycles. The van der Waals surface area contributed by atoms with E-state index in [1.807, 2.05) is 31.2 Å².